The fourth-order valence-corrected chi connectivity index (χ4v) is 1.03. The van der Waals surface area contributed by atoms with Crippen LogP contribution in [0.2, 0.25) is 0 Å². The van der Waals surface area contributed by atoms with Crippen molar-refractivity contribution in [1.82, 2.24) is 4.90 Å². The van der Waals surface area contributed by atoms with Crippen LogP contribution in [0.5, 0.6) is 0 Å². The number of hydrogen-bond donors (Lipinski definition) is 2. The number of rotatable bonds is 3. The number of primary amides is 1. The van der Waals surface area contributed by atoms with Gasteiger partial charge in [0.1, 0.15) is 0 Å². The first kappa shape index (κ1) is 8.80. The Balaban J connectivity index is 2.61. The second-order valence-electron chi connectivity index (χ2n) is 2.57. The van der Waals surface area contributed by atoms with Crippen LogP contribution in [0.4, 0.5) is 0 Å². The van der Waals surface area contributed by atoms with Crippen molar-refractivity contribution in [3.05, 3.63) is 24.0 Å². The Labute approximate surface area is 71.0 Å². The van der Waals surface area contributed by atoms with Gasteiger partial charge in [-0.3, -0.25) is 4.79 Å². The maximum Gasteiger partial charge on any atom is 0.246 e. The van der Waals surface area contributed by atoms with E-state index < -0.39 is 5.91 Å². The van der Waals surface area contributed by atoms with E-state index in [1.165, 1.54) is 0 Å². The Kier molecular flexibility index (Phi) is 2.88. The molecule has 4 heteroatoms. The van der Waals surface area contributed by atoms with Crippen molar-refractivity contribution in [3.8, 4) is 0 Å². The Morgan fingerprint density at radius 1 is 1.75 bits per heavy atom. The molecule has 1 rings (SSSR count). The predicted molar refractivity (Wildman–Crippen MR) is 44.8 cm³/mol. The molecule has 0 aromatic heterocycles. The summed E-state index contributed by atoms with van der Waals surface area (Å²) in [6.07, 6.45) is 5.91. The van der Waals surface area contributed by atoms with Gasteiger partial charge in [0, 0.05) is 18.3 Å². The first-order valence-corrected chi connectivity index (χ1v) is 3.78. The van der Waals surface area contributed by atoms with Crippen LogP contribution in [0.15, 0.2) is 24.0 Å². The van der Waals surface area contributed by atoms with E-state index in [-0.39, 0.29) is 6.61 Å². The molecule has 0 spiro atoms. The lowest BCUT2D eigenvalue weighted by Gasteiger charge is -2.18. The third kappa shape index (κ3) is 2.10. The summed E-state index contributed by atoms with van der Waals surface area (Å²) in [4.78, 5) is 12.5. The molecule has 0 atom stereocenters. The van der Waals surface area contributed by atoms with Crippen molar-refractivity contribution >= 4 is 5.91 Å². The number of aliphatic hydroxyl groups excluding tert-OH is 1. The topological polar surface area (TPSA) is 66.6 Å². The molecular formula is C8H12N2O2. The average Bonchev–Trinajstić information content (AvgIpc) is 2.05. The maximum absolute atomic E-state index is 10.7. The summed E-state index contributed by atoms with van der Waals surface area (Å²) in [5, 5.41) is 8.62. The molecule has 0 aliphatic carbocycles. The van der Waals surface area contributed by atoms with E-state index in [2.05, 4.69) is 0 Å². The molecule has 1 heterocycles. The van der Waals surface area contributed by atoms with Crippen LogP contribution in [0, 0.1) is 0 Å². The van der Waals surface area contributed by atoms with E-state index in [1.807, 2.05) is 12.3 Å². The molecule has 3 N–H and O–H groups in total. The summed E-state index contributed by atoms with van der Waals surface area (Å²) in [5.41, 5.74) is 5.67. The molecule has 0 radical (unpaired) electrons. The van der Waals surface area contributed by atoms with Gasteiger partial charge in [-0.15, -0.1) is 0 Å². The molecule has 0 fully saturated rings. The largest absolute Gasteiger partial charge is 0.395 e. The number of hydrogen-bond acceptors (Lipinski definition) is 3. The Morgan fingerprint density at radius 2 is 2.50 bits per heavy atom. The number of nitrogens with two attached hydrogens (primary N) is 1. The highest BCUT2D eigenvalue weighted by Gasteiger charge is 2.08. The number of amides is 1. The van der Waals surface area contributed by atoms with E-state index in [9.17, 15) is 4.79 Å². The molecule has 12 heavy (non-hydrogen) atoms. The van der Waals surface area contributed by atoms with Gasteiger partial charge in [-0.05, 0) is 12.6 Å². The van der Waals surface area contributed by atoms with Crippen LogP contribution in [0.1, 0.15) is 6.42 Å². The molecule has 66 valence electrons. The SMILES string of the molecule is NC(=O)C1=CN(CCO)C=CC1. The molecule has 1 aliphatic rings. The molecule has 4 nitrogen and oxygen atoms in total. The molecule has 0 unspecified atom stereocenters. The van der Waals surface area contributed by atoms with Gasteiger partial charge in [-0.25, -0.2) is 0 Å². The summed E-state index contributed by atoms with van der Waals surface area (Å²) < 4.78 is 0. The Morgan fingerprint density at radius 3 is 3.08 bits per heavy atom. The van der Waals surface area contributed by atoms with Gasteiger partial charge in [0.05, 0.1) is 6.61 Å². The zero-order chi connectivity index (χ0) is 8.97. The number of β-amino-alcohol motifs (C(OH)–C–C–N with tert-alkyl or cyclic N) is 1. The number of carbonyl (C=O) groups excluding carboxylic acids is 1. The van der Waals surface area contributed by atoms with E-state index in [0.29, 0.717) is 18.5 Å². The zero-order valence-corrected chi connectivity index (χ0v) is 6.73. The summed E-state index contributed by atoms with van der Waals surface area (Å²) >= 11 is 0. The molecule has 0 saturated carbocycles. The molecule has 0 bridgehead atoms. The lowest BCUT2D eigenvalue weighted by atomic mass is 10.1. The normalized spacial score (nSPS) is 16.1. The first-order valence-electron chi connectivity index (χ1n) is 3.78. The van der Waals surface area contributed by atoms with E-state index in [4.69, 9.17) is 10.8 Å². The third-order valence-corrected chi connectivity index (χ3v) is 1.63. The number of aliphatic hydroxyl groups is 1. The van der Waals surface area contributed by atoms with Gasteiger partial charge in [-0.2, -0.15) is 0 Å². The van der Waals surface area contributed by atoms with Crippen molar-refractivity contribution in [2.75, 3.05) is 13.2 Å². The number of carbonyl (C=O) groups is 1. The first-order chi connectivity index (χ1) is 5.74. The fourth-order valence-electron chi connectivity index (χ4n) is 1.03. The minimum absolute atomic E-state index is 0.0624. The Hall–Kier alpha value is -1.29. The third-order valence-electron chi connectivity index (χ3n) is 1.63. The average molecular weight is 168 g/mol. The van der Waals surface area contributed by atoms with E-state index in [0.717, 1.165) is 0 Å². The van der Waals surface area contributed by atoms with E-state index >= 15 is 0 Å². The zero-order valence-electron chi connectivity index (χ0n) is 6.73. The smallest absolute Gasteiger partial charge is 0.246 e. The molecule has 1 aliphatic heterocycles. The number of nitrogens with zero attached hydrogens (tertiary/aromatic N) is 1. The summed E-state index contributed by atoms with van der Waals surface area (Å²) in [7, 11) is 0. The van der Waals surface area contributed by atoms with Gasteiger partial charge in [0.15, 0.2) is 0 Å². The highest BCUT2D eigenvalue weighted by atomic mass is 16.3. The highest BCUT2D eigenvalue weighted by Crippen LogP contribution is 2.10. The second-order valence-corrected chi connectivity index (χ2v) is 2.57. The molecule has 0 aromatic rings. The summed E-state index contributed by atoms with van der Waals surface area (Å²) in [6, 6.07) is 0. The van der Waals surface area contributed by atoms with Crippen LogP contribution in [-0.4, -0.2) is 29.1 Å². The van der Waals surface area contributed by atoms with Crippen LogP contribution >= 0.6 is 0 Å². The number of allylic oxidation sites excluding steroid dienone is 1. The van der Waals surface area contributed by atoms with Gasteiger partial charge in [0.2, 0.25) is 5.91 Å². The summed E-state index contributed by atoms with van der Waals surface area (Å²) in [6.45, 7) is 0.556. The standard InChI is InChI=1S/C8H12N2O2/c9-8(12)7-2-1-3-10(6-7)4-5-11/h1,3,6,11H,2,4-5H2,(H2,9,12). The van der Waals surface area contributed by atoms with Crippen molar-refractivity contribution in [3.63, 3.8) is 0 Å². The summed E-state index contributed by atoms with van der Waals surface area (Å²) in [5.74, 6) is -0.401. The molecule has 1 amide bonds. The van der Waals surface area contributed by atoms with Gasteiger partial charge in [-0.1, -0.05) is 6.08 Å². The monoisotopic (exact) mass is 168 g/mol. The minimum Gasteiger partial charge on any atom is -0.395 e. The highest BCUT2D eigenvalue weighted by molar-refractivity contribution is 5.92. The van der Waals surface area contributed by atoms with Crippen molar-refractivity contribution < 1.29 is 9.90 Å². The van der Waals surface area contributed by atoms with Crippen LogP contribution in [0.25, 0.3) is 0 Å². The fraction of sp³-hybridized carbons (Fsp3) is 0.375. The molecular weight excluding hydrogens is 156 g/mol. The Bertz CT molecular complexity index is 233. The quantitative estimate of drug-likeness (QED) is 0.600. The lowest BCUT2D eigenvalue weighted by molar-refractivity contribution is -0.114. The maximum atomic E-state index is 10.7. The molecule has 0 aromatic carbocycles. The lowest BCUT2D eigenvalue weighted by Crippen LogP contribution is -2.22. The van der Waals surface area contributed by atoms with Gasteiger partial charge >= 0.3 is 0 Å². The van der Waals surface area contributed by atoms with Crippen LogP contribution in [-0.2, 0) is 4.79 Å². The molecule has 0 saturated heterocycles. The van der Waals surface area contributed by atoms with Crippen molar-refractivity contribution in [2.45, 2.75) is 6.42 Å². The van der Waals surface area contributed by atoms with Crippen molar-refractivity contribution in [2.24, 2.45) is 5.73 Å². The van der Waals surface area contributed by atoms with Gasteiger partial charge in [0.25, 0.3) is 0 Å². The van der Waals surface area contributed by atoms with Crippen molar-refractivity contribution in [1.29, 1.82) is 0 Å². The second kappa shape index (κ2) is 3.92. The van der Waals surface area contributed by atoms with E-state index in [1.54, 1.807) is 11.1 Å². The predicted octanol–water partition coefficient (Wildman–Crippen LogP) is -0.433. The minimum atomic E-state index is -0.401. The van der Waals surface area contributed by atoms with Gasteiger partial charge < -0.3 is 15.7 Å². The van der Waals surface area contributed by atoms with Crippen LogP contribution in [0.3, 0.4) is 0 Å². The van der Waals surface area contributed by atoms with Crippen LogP contribution < -0.4 is 5.73 Å².